The number of aliphatic hydroxyl groups is 1. The molecule has 0 fully saturated rings. The van der Waals surface area contributed by atoms with Gasteiger partial charge in [-0.3, -0.25) is 10.0 Å². The second-order valence-electron chi connectivity index (χ2n) is 22.0. The number of primary sulfonamides is 2. The maximum absolute atomic E-state index is 12.0. The first-order valence-corrected chi connectivity index (χ1v) is 109. The van der Waals surface area contributed by atoms with Crippen LogP contribution in [0.25, 0.3) is 0 Å². The molecule has 8 N–H and O–H groups in total. The van der Waals surface area contributed by atoms with Crippen LogP contribution in [0.1, 0.15) is 215 Å². The van der Waals surface area contributed by atoms with Gasteiger partial charge in [-0.15, -0.1) is 60.4 Å². The minimum Gasteiger partial charge on any atom is -0.870 e. The fourth-order valence-electron chi connectivity index (χ4n) is 9.62. The first kappa shape index (κ1) is 166. The van der Waals surface area contributed by atoms with Crippen LogP contribution in [-0.2, 0) is 155 Å². The predicted octanol–water partition coefficient (Wildman–Crippen LogP) is 13.0. The monoisotopic (exact) mass is 3730 g/mol. The number of carbonyl (C=O) groups excluding carboxylic acids is 4. The van der Waals surface area contributed by atoms with Crippen LogP contribution in [-0.4, -0.2) is 148 Å². The zero-order valence-corrected chi connectivity index (χ0v) is 118. The van der Waals surface area contributed by atoms with E-state index in [1.165, 1.54) is 23.5 Å². The van der Waals surface area contributed by atoms with Gasteiger partial charge in [0, 0.05) is 171 Å². The second-order valence-corrected chi connectivity index (χ2v) is 164. The zero-order chi connectivity index (χ0) is 93.7. The molecule has 0 atom stereocenters. The summed E-state index contributed by atoms with van der Waals surface area (Å²) in [5.41, 5.74) is 10.2. The van der Waals surface area contributed by atoms with Gasteiger partial charge in [0.25, 0.3) is 0 Å². The van der Waals surface area contributed by atoms with Crippen LogP contribution in [0.5, 0.6) is 0 Å². The summed E-state index contributed by atoms with van der Waals surface area (Å²) in [7, 11) is 9.56. The van der Waals surface area contributed by atoms with Gasteiger partial charge in [0.05, 0.1) is 30.6 Å². The van der Waals surface area contributed by atoms with Crippen molar-refractivity contribution in [3.63, 3.8) is 0 Å². The van der Waals surface area contributed by atoms with E-state index >= 15 is 0 Å². The SMILES string of the molecule is CCBr.CCO.CCOC(=O)c1c(S(N)(=O)=O)c(CC)n(C)c1CC.CCOC(=O)c1cc(CC)n(C)c1CC.CCc1c(C(=O)O)c(S(N)(=O)=O)c(CC)n1C.CCc1cc(C(=O)O)c(CC)n1C.CCc1ccc(CC)n1C.CS(=O)(=O)Cl.Cl.Cn1cccc1.I.I.II.II(I)I.I[I-]I.I[I-]I(I)I.O=C=O.[CH2-]CCC.[CH3][Al]([CH3])[Cl].[Li+].[Na+].[OH-]. The van der Waals surface area contributed by atoms with Crippen LogP contribution >= 0.6 is 299 Å². The van der Waals surface area contributed by atoms with Crippen molar-refractivity contribution in [2.75, 3.05) is 31.4 Å². The number of esters is 2. The summed E-state index contributed by atoms with van der Waals surface area (Å²) in [6.45, 7) is 33.5. The Hall–Kier alpha value is 7.79. The molecular weight excluding hydrogens is 3610 g/mol. The van der Waals surface area contributed by atoms with Crippen molar-refractivity contribution >= 4 is 371 Å². The van der Waals surface area contributed by atoms with Crippen molar-refractivity contribution in [3.05, 3.63) is 135 Å². The second kappa shape index (κ2) is 105. The van der Waals surface area contributed by atoms with Gasteiger partial charge in [-0.05, 0) is 121 Å². The van der Waals surface area contributed by atoms with Crippen molar-refractivity contribution in [2.24, 2.45) is 52.6 Å². The molecule has 0 amide bonds. The molecule has 0 radical (unpaired) electrons. The number of aliphatic hydroxyl groups excluding tert-OH is 1. The third-order valence-corrected chi connectivity index (χ3v) is 98.6. The molecule has 0 aromatic carbocycles. The third kappa shape index (κ3) is 83.6. The fraction of sp³-hybridized carbons (Fsp3) is 0.571. The van der Waals surface area contributed by atoms with Gasteiger partial charge in [0.15, 0.2) is 0 Å². The van der Waals surface area contributed by atoms with Crippen molar-refractivity contribution in [1.82, 2.24) is 27.4 Å². The Morgan fingerprint density at radius 3 is 0.984 bits per heavy atom. The Morgan fingerprint density at radius 1 is 0.566 bits per heavy atom. The first-order valence-electron chi connectivity index (χ1n) is 35.1. The summed E-state index contributed by atoms with van der Waals surface area (Å²) < 4.78 is 87.0. The smallest absolute Gasteiger partial charge is 0.870 e. The van der Waals surface area contributed by atoms with Gasteiger partial charge in [0.2, 0.25) is 29.1 Å². The number of nitrogens with two attached hydrogens (primary N) is 2. The summed E-state index contributed by atoms with van der Waals surface area (Å²) in [4.78, 5) is 61.6. The molecule has 6 heterocycles. The molecule has 0 saturated carbocycles. The third-order valence-electron chi connectivity index (χ3n) is 14.0. The van der Waals surface area contributed by atoms with Gasteiger partial charge in [-0.1, -0.05) is 117 Å². The number of rotatable bonds is 20. The molecule has 718 valence electrons. The number of alkyl halides is 1. The van der Waals surface area contributed by atoms with Gasteiger partial charge in [0.1, 0.15) is 20.9 Å². The van der Waals surface area contributed by atoms with E-state index in [1.54, 1.807) is 57.0 Å². The number of halogens is 20. The van der Waals surface area contributed by atoms with Crippen LogP contribution in [0, 0.1) is 6.92 Å². The Labute approximate surface area is 959 Å². The molecule has 6 aromatic rings. The van der Waals surface area contributed by atoms with Gasteiger partial charge in [-0.2, -0.15) is 16.0 Å². The molecular formula is C70H125AlBrCl3I16LiN8NaO18S3-2. The van der Waals surface area contributed by atoms with E-state index in [9.17, 15) is 44.4 Å². The van der Waals surface area contributed by atoms with Gasteiger partial charge in [-0.25, -0.2) is 54.7 Å². The maximum Gasteiger partial charge on any atom is 1.00 e. The number of unbranched alkanes of at least 4 members (excludes halogenated alkanes) is 1. The van der Waals surface area contributed by atoms with E-state index in [0.717, 1.165) is 79.2 Å². The predicted molar refractivity (Wildman–Crippen MR) is 625 cm³/mol. The van der Waals surface area contributed by atoms with E-state index in [2.05, 4.69) is 294 Å². The Morgan fingerprint density at radius 2 is 0.803 bits per heavy atom. The van der Waals surface area contributed by atoms with Crippen LogP contribution in [0.15, 0.2) is 58.6 Å². The molecule has 0 aliphatic carbocycles. The van der Waals surface area contributed by atoms with Crippen LogP contribution in [0.2, 0.25) is 11.6 Å². The molecule has 0 aliphatic heterocycles. The Bertz CT molecular complexity index is 3930. The summed E-state index contributed by atoms with van der Waals surface area (Å²) in [6.07, 6.45) is 15.0. The Kier molecular flexibility index (Phi) is 143. The molecule has 6 aromatic heterocycles. The van der Waals surface area contributed by atoms with Gasteiger partial charge >= 0.3 is 283 Å². The number of ether oxygens (including phenoxy) is 2. The first-order chi connectivity index (χ1) is 53.8. The average Bonchev–Trinajstić information content (AvgIpc) is 1.61. The zero-order valence-electron chi connectivity index (χ0n) is 73.9. The molecule has 0 aliphatic rings. The number of hydrogen-bond donors (Lipinski definition) is 5. The normalized spacial score (nSPS) is 9.52. The molecule has 0 bridgehead atoms. The number of carbonyl (C=O) groups is 4. The summed E-state index contributed by atoms with van der Waals surface area (Å²) in [5.74, 6) is 1.21. The van der Waals surface area contributed by atoms with E-state index in [0.29, 0.717) is 87.1 Å². The molecule has 0 spiro atoms. The van der Waals surface area contributed by atoms with E-state index in [1.807, 2.05) is 102 Å². The fourth-order valence-corrected chi connectivity index (χ4v) is 11.8. The van der Waals surface area contributed by atoms with Crippen molar-refractivity contribution in [3.8, 4) is 0 Å². The number of aryl methyl sites for hydroxylation is 5. The van der Waals surface area contributed by atoms with Crippen molar-refractivity contribution in [1.29, 1.82) is 0 Å². The maximum atomic E-state index is 12.0. The number of carboxylic acid groups (broad SMARTS) is 2. The molecule has 0 unspecified atom stereocenters. The summed E-state index contributed by atoms with van der Waals surface area (Å²) >= 11 is 27.8. The number of carboxylic acids is 2. The standard InChI is InChI=1S/C12H20N2O4S.C12H19NO2.C10H16N2O4S.C10H15NO2.C9H15N.C5H7N.C4H9.C2H5Br.C2H6O.CH3ClO2S.CO2.2CH3.Al.2ClH.I5.I4.I3.I2.2HI.Li.Na.H2O/c1-5-8-10(12(15)18-7-3)11(19(13,16)17)9(6-2)14(8)4;1-5-9-8-10(12(14)15-7-3)11(6-2)13(9)4;1-4-6-8(10(13)14)9(17(11,15)16)7(5-2)12(6)3;1-4-7-6-8(10(12)13)9(5-2)11(7)3;1-4-8-6-7-9(5-2)10(8)3;1-6-4-2-3-5-6;1-3-4-2;2*1-2-3;1-5(2,3)4;2-1-3;;;;;;1-4-5(2)3;1-4(2)3;1-3-2;1-2;;;;;/h5-7H2,1-4H3,(H2,13,16,17);8H,5-7H2,1-4H3;4-5H2,1-3H3,(H,13,14)(H2,11,15,16);6H,4-5H2,1-3H3,(H,12,13);6-7H,4-5H2,1-3H3;2-5H,1H3;1,3-4H2,2H3;2H2,1H3;3H,2H2,1H3;1H3;;2*1H3;;2*1H;;;;;2*1H;;;1H2/q;;;;;;-1;;;;;;;+1;;;-1;;-1;;;;2*+1;/p-2. The molecule has 26 nitrogen and oxygen atoms in total. The molecule has 52 heteroatoms. The minimum atomic E-state index is -4.03. The molecule has 0 saturated heterocycles. The largest absolute Gasteiger partial charge is 1.00 e. The number of hydrogen-bond acceptors (Lipinski definition) is 16. The van der Waals surface area contributed by atoms with E-state index < -0.39 is 60.2 Å². The number of aromatic nitrogens is 6. The van der Waals surface area contributed by atoms with Crippen molar-refractivity contribution < 1.29 is 159 Å². The van der Waals surface area contributed by atoms with Gasteiger partial charge < -0.3 is 64.6 Å². The van der Waals surface area contributed by atoms with E-state index in [-0.39, 0.29) is 176 Å². The van der Waals surface area contributed by atoms with Crippen LogP contribution in [0.3, 0.4) is 0 Å². The number of sulfonamides is 2. The molecule has 6 rings (SSSR count). The van der Waals surface area contributed by atoms with Crippen LogP contribution in [0.4, 0.5) is 0 Å². The average molecular weight is 3740 g/mol. The minimum absolute atomic E-state index is 0. The molecule has 122 heavy (non-hydrogen) atoms. The number of aromatic carboxylic acids is 2. The number of nitrogens with zero attached hydrogens (tertiary/aromatic N) is 6. The van der Waals surface area contributed by atoms with Crippen molar-refractivity contribution in [2.45, 2.75) is 202 Å². The van der Waals surface area contributed by atoms with Crippen LogP contribution < -0.4 is 85.2 Å². The summed E-state index contributed by atoms with van der Waals surface area (Å²) in [6, 6.07) is 12.1. The topological polar surface area (TPSA) is 396 Å². The Balaban J connectivity index is -0.0000000732. The van der Waals surface area contributed by atoms with E-state index in [4.69, 9.17) is 54.7 Å². The quantitative estimate of drug-likeness (QED) is 0.0118. The summed E-state index contributed by atoms with van der Waals surface area (Å²) in [5, 5.41) is 37.0.